The number of amides is 3. The van der Waals surface area contributed by atoms with Crippen LogP contribution in [0.25, 0.3) is 11.1 Å². The van der Waals surface area contributed by atoms with Crippen LogP contribution >= 0.6 is 0 Å². The zero-order valence-electron chi connectivity index (χ0n) is 20.1. The van der Waals surface area contributed by atoms with Crippen molar-refractivity contribution in [3.05, 3.63) is 83.7 Å². The SMILES string of the molecule is O=C1CCCN(C(=O)c2ccccn2)CCCNC(=O)c2cccc(c2)-c2cc(ccc2O)CCN1. The lowest BCUT2D eigenvalue weighted by atomic mass is 9.98. The fraction of sp³-hybridized carbons (Fsp3) is 0.286. The number of rotatable bonds is 1. The minimum absolute atomic E-state index is 0.0721. The Morgan fingerprint density at radius 1 is 0.861 bits per heavy atom. The first-order valence-electron chi connectivity index (χ1n) is 12.2. The summed E-state index contributed by atoms with van der Waals surface area (Å²) in [7, 11) is 0. The Bertz CT molecular complexity index is 1230. The number of nitrogens with zero attached hydrogens (tertiary/aromatic N) is 2. The summed E-state index contributed by atoms with van der Waals surface area (Å²) in [4.78, 5) is 44.0. The summed E-state index contributed by atoms with van der Waals surface area (Å²) in [6.45, 7) is 1.69. The van der Waals surface area contributed by atoms with Crippen molar-refractivity contribution in [3.63, 3.8) is 0 Å². The van der Waals surface area contributed by atoms with E-state index in [1.54, 1.807) is 53.6 Å². The van der Waals surface area contributed by atoms with Crippen LogP contribution in [0.2, 0.25) is 0 Å². The van der Waals surface area contributed by atoms with E-state index >= 15 is 0 Å². The van der Waals surface area contributed by atoms with Gasteiger partial charge in [0, 0.05) is 49.9 Å². The quantitative estimate of drug-likeness (QED) is 0.489. The second-order valence-corrected chi connectivity index (χ2v) is 8.75. The third-order valence-electron chi connectivity index (χ3n) is 6.13. The van der Waals surface area contributed by atoms with Gasteiger partial charge in [0.2, 0.25) is 5.91 Å². The first kappa shape index (κ1) is 24.9. The van der Waals surface area contributed by atoms with Crippen LogP contribution in [-0.2, 0) is 11.2 Å². The van der Waals surface area contributed by atoms with E-state index in [4.69, 9.17) is 0 Å². The van der Waals surface area contributed by atoms with Crippen molar-refractivity contribution >= 4 is 17.7 Å². The van der Waals surface area contributed by atoms with Crippen molar-refractivity contribution in [2.45, 2.75) is 25.7 Å². The van der Waals surface area contributed by atoms with Crippen molar-refractivity contribution in [1.82, 2.24) is 20.5 Å². The predicted octanol–water partition coefficient (Wildman–Crippen LogP) is 3.17. The molecule has 0 saturated carbocycles. The van der Waals surface area contributed by atoms with Gasteiger partial charge in [-0.25, -0.2) is 0 Å². The number of carbonyl (C=O) groups excluding carboxylic acids is 3. The molecule has 36 heavy (non-hydrogen) atoms. The largest absolute Gasteiger partial charge is 0.507 e. The molecular weight excluding hydrogens is 456 g/mol. The van der Waals surface area contributed by atoms with Crippen molar-refractivity contribution < 1.29 is 19.5 Å². The summed E-state index contributed by atoms with van der Waals surface area (Å²) < 4.78 is 0. The molecule has 186 valence electrons. The van der Waals surface area contributed by atoms with Crippen molar-refractivity contribution in [1.29, 1.82) is 0 Å². The zero-order chi connectivity index (χ0) is 25.3. The summed E-state index contributed by atoms with van der Waals surface area (Å²) in [5, 5.41) is 16.3. The molecule has 4 bridgehead atoms. The molecule has 8 heteroatoms. The number of aromatic hydroxyl groups is 1. The number of pyridine rings is 1. The minimum Gasteiger partial charge on any atom is -0.507 e. The second kappa shape index (κ2) is 12.0. The number of aromatic nitrogens is 1. The van der Waals surface area contributed by atoms with Gasteiger partial charge in [-0.15, -0.1) is 0 Å². The van der Waals surface area contributed by atoms with Gasteiger partial charge in [0.1, 0.15) is 11.4 Å². The number of fused-ring (bicyclic) bond motifs is 5. The third-order valence-corrected chi connectivity index (χ3v) is 6.13. The maximum Gasteiger partial charge on any atom is 0.272 e. The number of hydrogen-bond donors (Lipinski definition) is 3. The smallest absolute Gasteiger partial charge is 0.272 e. The molecule has 3 amide bonds. The van der Waals surface area contributed by atoms with Gasteiger partial charge in [-0.3, -0.25) is 19.4 Å². The first-order chi connectivity index (χ1) is 17.5. The number of phenols is 1. The van der Waals surface area contributed by atoms with Gasteiger partial charge < -0.3 is 20.6 Å². The minimum atomic E-state index is -0.220. The van der Waals surface area contributed by atoms with Gasteiger partial charge >= 0.3 is 0 Å². The van der Waals surface area contributed by atoms with Gasteiger partial charge in [-0.2, -0.15) is 0 Å². The van der Waals surface area contributed by atoms with Crippen molar-refractivity contribution in [2.24, 2.45) is 0 Å². The number of hydrogen-bond acceptors (Lipinski definition) is 5. The predicted molar refractivity (Wildman–Crippen MR) is 137 cm³/mol. The lowest BCUT2D eigenvalue weighted by molar-refractivity contribution is -0.121. The molecule has 1 aliphatic rings. The highest BCUT2D eigenvalue weighted by Crippen LogP contribution is 2.30. The van der Waals surface area contributed by atoms with Crippen molar-refractivity contribution in [2.75, 3.05) is 26.2 Å². The van der Waals surface area contributed by atoms with E-state index in [9.17, 15) is 19.5 Å². The van der Waals surface area contributed by atoms with Gasteiger partial charge in [0.15, 0.2) is 0 Å². The van der Waals surface area contributed by atoms with Crippen LogP contribution in [0, 0.1) is 0 Å². The van der Waals surface area contributed by atoms with Crippen LogP contribution in [0.4, 0.5) is 0 Å². The molecule has 0 aliphatic carbocycles. The molecule has 4 rings (SSSR count). The molecular formula is C28H30N4O4. The molecule has 0 unspecified atom stereocenters. The van der Waals surface area contributed by atoms with Gasteiger partial charge in [-0.1, -0.05) is 24.3 Å². The van der Waals surface area contributed by atoms with E-state index < -0.39 is 0 Å². The molecule has 2 aromatic carbocycles. The topological polar surface area (TPSA) is 112 Å². The fourth-order valence-corrected chi connectivity index (χ4v) is 4.20. The standard InChI is InChI=1S/C28H30N4O4/c33-25-11-10-20-12-15-30-26(34)9-4-16-32(28(36)24-8-1-2-13-29-24)17-5-14-31-27(35)22-7-3-6-21(19-22)23(25)18-20/h1-3,6-8,10-11,13,18-19,33H,4-5,9,12,14-17H2,(H,30,34)(H,31,35). The maximum absolute atomic E-state index is 13.0. The van der Waals surface area contributed by atoms with E-state index in [2.05, 4.69) is 15.6 Å². The lowest BCUT2D eigenvalue weighted by Gasteiger charge is -2.22. The molecule has 0 atom stereocenters. The maximum atomic E-state index is 13.0. The summed E-state index contributed by atoms with van der Waals surface area (Å²) in [6.07, 6.45) is 3.55. The molecule has 0 radical (unpaired) electrons. The van der Waals surface area contributed by atoms with Gasteiger partial charge in [0.25, 0.3) is 11.8 Å². The summed E-state index contributed by atoms with van der Waals surface area (Å²) >= 11 is 0. The van der Waals surface area contributed by atoms with Crippen LogP contribution < -0.4 is 10.6 Å². The van der Waals surface area contributed by atoms with E-state index in [-0.39, 0.29) is 23.5 Å². The lowest BCUT2D eigenvalue weighted by Crippen LogP contribution is -2.36. The molecule has 0 fully saturated rings. The Hall–Kier alpha value is -4.20. The summed E-state index contributed by atoms with van der Waals surface area (Å²) in [5.74, 6) is -0.358. The zero-order valence-corrected chi connectivity index (χ0v) is 20.1. The highest BCUT2D eigenvalue weighted by atomic mass is 16.3. The average molecular weight is 487 g/mol. The van der Waals surface area contributed by atoms with Crippen LogP contribution in [0.3, 0.4) is 0 Å². The first-order valence-corrected chi connectivity index (χ1v) is 12.2. The fourth-order valence-electron chi connectivity index (χ4n) is 4.20. The average Bonchev–Trinajstić information content (AvgIpc) is 2.90. The number of nitrogens with one attached hydrogen (secondary N) is 2. The Balaban J connectivity index is 1.53. The Kier molecular flexibility index (Phi) is 8.28. The second-order valence-electron chi connectivity index (χ2n) is 8.75. The van der Waals surface area contributed by atoms with Crippen LogP contribution in [-0.4, -0.2) is 58.9 Å². The van der Waals surface area contributed by atoms with Gasteiger partial charge in [-0.05, 0) is 66.8 Å². The number of benzene rings is 2. The van der Waals surface area contributed by atoms with E-state index in [1.807, 2.05) is 18.2 Å². The molecule has 0 saturated heterocycles. The molecule has 2 heterocycles. The van der Waals surface area contributed by atoms with Crippen LogP contribution in [0.1, 0.15) is 45.7 Å². The Labute approximate surface area is 210 Å². The normalized spacial score (nSPS) is 15.6. The van der Waals surface area contributed by atoms with Crippen molar-refractivity contribution in [3.8, 4) is 16.9 Å². The molecule has 8 nitrogen and oxygen atoms in total. The van der Waals surface area contributed by atoms with E-state index in [0.717, 1.165) is 11.1 Å². The number of carbonyl (C=O) groups is 3. The van der Waals surface area contributed by atoms with Crippen LogP contribution in [0.5, 0.6) is 5.75 Å². The highest BCUT2D eigenvalue weighted by Gasteiger charge is 2.17. The van der Waals surface area contributed by atoms with Gasteiger partial charge in [0.05, 0.1) is 0 Å². The van der Waals surface area contributed by atoms with Crippen LogP contribution in [0.15, 0.2) is 66.9 Å². The van der Waals surface area contributed by atoms with E-state index in [1.165, 1.54) is 0 Å². The summed E-state index contributed by atoms with van der Waals surface area (Å²) in [5.41, 5.74) is 3.17. The molecule has 0 spiro atoms. The Morgan fingerprint density at radius 3 is 2.53 bits per heavy atom. The monoisotopic (exact) mass is 486 g/mol. The highest BCUT2D eigenvalue weighted by molar-refractivity contribution is 5.95. The molecule has 1 aromatic heterocycles. The summed E-state index contributed by atoms with van der Waals surface area (Å²) in [6, 6.07) is 17.6. The Morgan fingerprint density at radius 2 is 1.69 bits per heavy atom. The third kappa shape index (κ3) is 6.47. The number of phenolic OH excluding ortho intramolecular Hbond substituents is 1. The molecule has 1 aliphatic heterocycles. The molecule has 3 N–H and O–H groups in total. The van der Waals surface area contributed by atoms with E-state index in [0.29, 0.717) is 68.7 Å². The molecule has 3 aromatic rings.